The van der Waals surface area contributed by atoms with Crippen LogP contribution in [0.25, 0.3) is 21.1 Å². The fourth-order valence-electron chi connectivity index (χ4n) is 3.03. The maximum Gasteiger partial charge on any atom is 0.323 e. The van der Waals surface area contributed by atoms with Gasteiger partial charge in [0.15, 0.2) is 11.6 Å². The number of aromatic nitrogens is 2. The van der Waals surface area contributed by atoms with Crippen molar-refractivity contribution in [3.63, 3.8) is 0 Å². The summed E-state index contributed by atoms with van der Waals surface area (Å²) in [7, 11) is 0. The third-order valence-corrected chi connectivity index (χ3v) is 5.43. The third-order valence-electron chi connectivity index (χ3n) is 4.13. The van der Waals surface area contributed by atoms with Gasteiger partial charge in [-0.3, -0.25) is 4.79 Å². The van der Waals surface area contributed by atoms with Gasteiger partial charge in [0.2, 0.25) is 0 Å². The molecule has 2 aromatic carbocycles. The largest absolute Gasteiger partial charge is 0.480 e. The summed E-state index contributed by atoms with van der Waals surface area (Å²) < 4.78 is 42.7. The fourth-order valence-corrected chi connectivity index (χ4v) is 4.18. The molecular weight excluding hydrogens is 401 g/mol. The lowest BCUT2D eigenvalue weighted by Crippen LogP contribution is -2.07. The Labute approximate surface area is 159 Å². The molecule has 0 radical (unpaired) electrons. The number of rotatable bonds is 4. The zero-order valence-electron chi connectivity index (χ0n) is 13.5. The van der Waals surface area contributed by atoms with E-state index in [2.05, 4.69) is 4.98 Å². The predicted octanol–water partition coefficient (Wildman–Crippen LogP) is 5.00. The highest BCUT2D eigenvalue weighted by atomic mass is 35.5. The van der Waals surface area contributed by atoms with Crippen molar-refractivity contribution in [1.82, 2.24) is 9.55 Å². The minimum absolute atomic E-state index is 0.0544. The molecular formula is C18H10ClF3N2O2S. The molecule has 0 aliphatic heterocycles. The average Bonchev–Trinajstić information content (AvgIpc) is 3.15. The van der Waals surface area contributed by atoms with Crippen LogP contribution in [-0.4, -0.2) is 20.6 Å². The number of hydrogen-bond donors (Lipinski definition) is 1. The Morgan fingerprint density at radius 3 is 2.74 bits per heavy atom. The maximum absolute atomic E-state index is 13.9. The van der Waals surface area contributed by atoms with Gasteiger partial charge in [0.05, 0.1) is 15.2 Å². The van der Waals surface area contributed by atoms with Gasteiger partial charge in [-0.1, -0.05) is 17.7 Å². The molecule has 4 aromatic rings. The number of nitrogens with zero attached hydrogens (tertiary/aromatic N) is 2. The minimum Gasteiger partial charge on any atom is -0.480 e. The molecule has 0 atom stereocenters. The number of halogens is 4. The van der Waals surface area contributed by atoms with Crippen LogP contribution in [0.1, 0.15) is 10.6 Å². The van der Waals surface area contributed by atoms with E-state index in [4.69, 9.17) is 16.7 Å². The number of carboxylic acid groups (broad SMARTS) is 1. The summed E-state index contributed by atoms with van der Waals surface area (Å²) in [6.45, 7) is -0.259. The lowest BCUT2D eigenvalue weighted by atomic mass is 10.1. The van der Waals surface area contributed by atoms with Crippen LogP contribution in [-0.2, 0) is 17.8 Å². The number of carboxylic acids is 1. The Morgan fingerprint density at radius 1 is 1.22 bits per heavy atom. The van der Waals surface area contributed by atoms with E-state index >= 15 is 0 Å². The van der Waals surface area contributed by atoms with Gasteiger partial charge in [-0.2, -0.15) is 0 Å². The molecule has 2 aromatic heterocycles. The Bertz CT molecular complexity index is 1220. The van der Waals surface area contributed by atoms with E-state index in [1.165, 1.54) is 4.57 Å². The van der Waals surface area contributed by atoms with Crippen LogP contribution in [0.4, 0.5) is 13.2 Å². The standard InChI is InChI=1S/C18H10ClF3N2O2S/c19-9-1-2-10-8(6-24(7-15(25)26)13(10)4-9)3-14-23-17-16(22)11(20)5-12(21)18(17)27-14/h1-2,4-6H,3,7H2,(H,25,26). The Morgan fingerprint density at radius 2 is 2.00 bits per heavy atom. The summed E-state index contributed by atoms with van der Waals surface area (Å²) in [4.78, 5) is 15.1. The molecule has 0 unspecified atom stereocenters. The van der Waals surface area contributed by atoms with E-state index in [1.54, 1.807) is 24.4 Å². The van der Waals surface area contributed by atoms with E-state index in [9.17, 15) is 18.0 Å². The predicted molar refractivity (Wildman–Crippen MR) is 96.9 cm³/mol. The molecule has 4 rings (SSSR count). The number of aliphatic carboxylic acids is 1. The zero-order chi connectivity index (χ0) is 19.3. The van der Waals surface area contributed by atoms with Gasteiger partial charge in [-0.05, 0) is 17.7 Å². The SMILES string of the molecule is O=C(O)Cn1cc(Cc2nc3c(F)c(F)cc(F)c3s2)c2ccc(Cl)cc21. The number of hydrogen-bond acceptors (Lipinski definition) is 3. The summed E-state index contributed by atoms with van der Waals surface area (Å²) >= 11 is 6.94. The maximum atomic E-state index is 13.9. The lowest BCUT2D eigenvalue weighted by molar-refractivity contribution is -0.137. The van der Waals surface area contributed by atoms with E-state index in [-0.39, 0.29) is 23.2 Å². The van der Waals surface area contributed by atoms with Gasteiger partial charge in [0.25, 0.3) is 0 Å². The van der Waals surface area contributed by atoms with Crippen LogP contribution in [0.3, 0.4) is 0 Å². The van der Waals surface area contributed by atoms with Crippen molar-refractivity contribution in [3.8, 4) is 0 Å². The normalized spacial score (nSPS) is 11.6. The van der Waals surface area contributed by atoms with Gasteiger partial charge >= 0.3 is 5.97 Å². The average molecular weight is 411 g/mol. The van der Waals surface area contributed by atoms with Crippen molar-refractivity contribution in [2.75, 3.05) is 0 Å². The first kappa shape index (κ1) is 17.8. The molecule has 9 heteroatoms. The van der Waals surface area contributed by atoms with Gasteiger partial charge in [0, 0.05) is 29.1 Å². The van der Waals surface area contributed by atoms with Gasteiger partial charge in [-0.25, -0.2) is 18.2 Å². The molecule has 27 heavy (non-hydrogen) atoms. The van der Waals surface area contributed by atoms with Crippen molar-refractivity contribution >= 4 is 50.0 Å². The van der Waals surface area contributed by atoms with Crippen LogP contribution >= 0.6 is 22.9 Å². The Balaban J connectivity index is 1.82. The molecule has 1 N–H and O–H groups in total. The summed E-state index contributed by atoms with van der Waals surface area (Å²) in [5.74, 6) is -4.36. The highest BCUT2D eigenvalue weighted by Gasteiger charge is 2.19. The van der Waals surface area contributed by atoms with Crippen molar-refractivity contribution in [2.45, 2.75) is 13.0 Å². The highest BCUT2D eigenvalue weighted by Crippen LogP contribution is 2.32. The zero-order valence-corrected chi connectivity index (χ0v) is 15.0. The van der Waals surface area contributed by atoms with Gasteiger partial charge < -0.3 is 9.67 Å². The quantitative estimate of drug-likeness (QED) is 0.482. The summed E-state index contributed by atoms with van der Waals surface area (Å²) in [5.41, 5.74) is 1.01. The number of fused-ring (bicyclic) bond motifs is 2. The molecule has 2 heterocycles. The first-order valence-electron chi connectivity index (χ1n) is 7.75. The van der Waals surface area contributed by atoms with Crippen LogP contribution in [0.15, 0.2) is 30.5 Å². The first-order valence-corrected chi connectivity index (χ1v) is 8.95. The smallest absolute Gasteiger partial charge is 0.323 e. The van der Waals surface area contributed by atoms with Crippen LogP contribution in [0.2, 0.25) is 5.02 Å². The second kappa shape index (κ2) is 6.54. The molecule has 0 bridgehead atoms. The van der Waals surface area contributed by atoms with Crippen molar-refractivity contribution in [3.05, 3.63) is 63.5 Å². The Kier molecular flexibility index (Phi) is 4.32. The van der Waals surface area contributed by atoms with E-state index < -0.39 is 23.4 Å². The fraction of sp³-hybridized carbons (Fsp3) is 0.111. The monoisotopic (exact) mass is 410 g/mol. The molecule has 0 aliphatic rings. The summed E-state index contributed by atoms with van der Waals surface area (Å²) in [6, 6.07) is 5.57. The van der Waals surface area contributed by atoms with Gasteiger partial charge in [-0.15, -0.1) is 11.3 Å². The first-order chi connectivity index (χ1) is 12.8. The van der Waals surface area contributed by atoms with Crippen LogP contribution in [0, 0.1) is 17.5 Å². The number of thiazole rings is 1. The minimum atomic E-state index is -1.29. The van der Waals surface area contributed by atoms with Gasteiger partial charge in [0.1, 0.15) is 17.9 Å². The second-order valence-corrected chi connectivity index (χ2v) is 7.47. The lowest BCUT2D eigenvalue weighted by Gasteiger charge is -2.00. The molecule has 0 amide bonds. The highest BCUT2D eigenvalue weighted by molar-refractivity contribution is 7.18. The number of carbonyl (C=O) groups is 1. The molecule has 0 aliphatic carbocycles. The van der Waals surface area contributed by atoms with Crippen LogP contribution < -0.4 is 0 Å². The van der Waals surface area contributed by atoms with Crippen LogP contribution in [0.5, 0.6) is 0 Å². The summed E-state index contributed by atoms with van der Waals surface area (Å²) in [5, 5.41) is 10.7. The second-order valence-electron chi connectivity index (χ2n) is 5.95. The molecule has 138 valence electrons. The molecule has 0 saturated heterocycles. The van der Waals surface area contributed by atoms with Crippen molar-refractivity contribution in [1.29, 1.82) is 0 Å². The molecule has 0 fully saturated rings. The topological polar surface area (TPSA) is 55.1 Å². The Hall–Kier alpha value is -2.58. The number of benzene rings is 2. The summed E-state index contributed by atoms with van der Waals surface area (Å²) in [6.07, 6.45) is 1.86. The molecule has 0 spiro atoms. The molecule has 0 saturated carbocycles. The van der Waals surface area contributed by atoms with Crippen molar-refractivity contribution < 1.29 is 23.1 Å². The van der Waals surface area contributed by atoms with E-state index in [0.29, 0.717) is 21.6 Å². The third kappa shape index (κ3) is 3.15. The van der Waals surface area contributed by atoms with E-state index in [1.807, 2.05) is 0 Å². The van der Waals surface area contributed by atoms with E-state index in [0.717, 1.165) is 22.3 Å². The molecule has 4 nitrogen and oxygen atoms in total. The van der Waals surface area contributed by atoms with Crippen molar-refractivity contribution in [2.24, 2.45) is 0 Å².